The van der Waals surface area contributed by atoms with Gasteiger partial charge in [-0.25, -0.2) is 4.98 Å². The summed E-state index contributed by atoms with van der Waals surface area (Å²) in [6.45, 7) is 2.57. The van der Waals surface area contributed by atoms with Crippen molar-refractivity contribution in [2.75, 3.05) is 18.7 Å². The number of ether oxygens (including phenoxy) is 2. The van der Waals surface area contributed by atoms with Crippen LogP contribution in [0, 0.1) is 0 Å². The van der Waals surface area contributed by atoms with Gasteiger partial charge in [0.25, 0.3) is 0 Å². The van der Waals surface area contributed by atoms with Gasteiger partial charge in [0.1, 0.15) is 12.4 Å². The van der Waals surface area contributed by atoms with Gasteiger partial charge in [0.2, 0.25) is 23.8 Å². The lowest BCUT2D eigenvalue weighted by Gasteiger charge is -2.13. The minimum absolute atomic E-state index is 0.102. The van der Waals surface area contributed by atoms with Gasteiger partial charge in [0, 0.05) is 30.5 Å². The summed E-state index contributed by atoms with van der Waals surface area (Å²) in [5.74, 6) is 1.93. The smallest absolute Gasteiger partial charge is 0.248 e. The van der Waals surface area contributed by atoms with E-state index in [-0.39, 0.29) is 12.7 Å². The number of hydrogen-bond donors (Lipinski definition) is 2. The van der Waals surface area contributed by atoms with Crippen molar-refractivity contribution in [2.24, 2.45) is 0 Å². The van der Waals surface area contributed by atoms with Crippen LogP contribution < -0.4 is 20.1 Å². The number of benzene rings is 1. The second-order valence-corrected chi connectivity index (χ2v) is 6.72. The van der Waals surface area contributed by atoms with Crippen LogP contribution in [0.3, 0.4) is 0 Å². The number of carbonyl (C=O) groups is 1. The van der Waals surface area contributed by atoms with Crippen molar-refractivity contribution in [3.63, 3.8) is 0 Å². The van der Waals surface area contributed by atoms with Crippen LogP contribution in [0.2, 0.25) is 0 Å². The highest BCUT2D eigenvalue weighted by atomic mass is 32.1. The molecule has 0 fully saturated rings. The Bertz CT molecular complexity index is 927. The molecule has 3 heterocycles. The van der Waals surface area contributed by atoms with Crippen LogP contribution in [0.1, 0.15) is 12.5 Å². The summed E-state index contributed by atoms with van der Waals surface area (Å²) in [5.41, 5.74) is 1.08. The van der Waals surface area contributed by atoms with Crippen LogP contribution in [0.5, 0.6) is 11.5 Å². The van der Waals surface area contributed by atoms with Gasteiger partial charge < -0.3 is 20.1 Å². The quantitative estimate of drug-likeness (QED) is 0.636. The summed E-state index contributed by atoms with van der Waals surface area (Å²) in [4.78, 5) is 20.6. The van der Waals surface area contributed by atoms with Crippen molar-refractivity contribution in [3.8, 4) is 17.4 Å². The van der Waals surface area contributed by atoms with E-state index in [9.17, 15) is 4.79 Å². The van der Waals surface area contributed by atoms with Crippen LogP contribution in [0.25, 0.3) is 5.95 Å². The van der Waals surface area contributed by atoms with Gasteiger partial charge >= 0.3 is 0 Å². The van der Waals surface area contributed by atoms with Crippen LogP contribution in [-0.2, 0) is 11.2 Å². The molecule has 0 saturated carbocycles. The highest BCUT2D eigenvalue weighted by Crippen LogP contribution is 2.32. The molecule has 1 atom stereocenters. The van der Waals surface area contributed by atoms with Crippen LogP contribution >= 0.6 is 11.5 Å². The largest absolute Gasteiger partial charge is 0.454 e. The van der Waals surface area contributed by atoms with E-state index in [2.05, 4.69) is 25.0 Å². The lowest BCUT2D eigenvalue weighted by molar-refractivity contribution is -0.121. The highest BCUT2D eigenvalue weighted by Gasteiger charge is 2.16. The molecule has 9 nitrogen and oxygen atoms in total. The molecule has 140 valence electrons. The summed E-state index contributed by atoms with van der Waals surface area (Å²) in [6, 6.07) is 5.37. The van der Waals surface area contributed by atoms with Gasteiger partial charge in [-0.2, -0.15) is 9.36 Å². The number of aromatic nitrogens is 4. The zero-order chi connectivity index (χ0) is 18.6. The number of rotatable bonds is 7. The first-order valence-electron chi connectivity index (χ1n) is 8.44. The number of hydrogen-bond acceptors (Lipinski definition) is 8. The maximum atomic E-state index is 12.3. The second kappa shape index (κ2) is 7.62. The monoisotopic (exact) mass is 386 g/mol. The standard InChI is InChI=1S/C17H18N6O3S/c1-11(20-17-21-16(22-27-17)23-7-6-18-9-23)15(24)19-5-4-12-2-3-13-14(8-12)26-10-25-13/h2-3,6-9,11H,4-5,10H2,1H3,(H,19,24)(H,20,21,22)/t11-/m0/s1. The van der Waals surface area contributed by atoms with E-state index >= 15 is 0 Å². The minimum Gasteiger partial charge on any atom is -0.454 e. The van der Waals surface area contributed by atoms with Crippen molar-refractivity contribution in [2.45, 2.75) is 19.4 Å². The molecule has 1 aliphatic heterocycles. The van der Waals surface area contributed by atoms with Gasteiger partial charge in [-0.15, -0.1) is 0 Å². The molecule has 2 aromatic heterocycles. The Hall–Kier alpha value is -3.14. The average Bonchev–Trinajstić information content (AvgIpc) is 3.42. The highest BCUT2D eigenvalue weighted by molar-refractivity contribution is 7.09. The SMILES string of the molecule is C[C@H](Nc1nc(-n2ccnc2)ns1)C(=O)NCCc1ccc2c(c1)OCO2. The molecule has 0 unspecified atom stereocenters. The first-order valence-corrected chi connectivity index (χ1v) is 9.21. The average molecular weight is 386 g/mol. The lowest BCUT2D eigenvalue weighted by atomic mass is 10.1. The van der Waals surface area contributed by atoms with Crippen molar-refractivity contribution < 1.29 is 14.3 Å². The van der Waals surface area contributed by atoms with Crippen LogP contribution in [-0.4, -0.2) is 44.2 Å². The first kappa shape index (κ1) is 17.3. The number of fused-ring (bicyclic) bond motifs is 1. The number of carbonyl (C=O) groups excluding carboxylic acids is 1. The topological polar surface area (TPSA) is 103 Å². The Kier molecular flexibility index (Phi) is 4.88. The summed E-state index contributed by atoms with van der Waals surface area (Å²) in [6.07, 6.45) is 5.75. The van der Waals surface area contributed by atoms with E-state index < -0.39 is 6.04 Å². The van der Waals surface area contributed by atoms with Gasteiger partial charge in [-0.3, -0.25) is 9.36 Å². The normalized spacial score (nSPS) is 13.4. The number of imidazole rings is 1. The van der Waals surface area contributed by atoms with Gasteiger partial charge in [0.15, 0.2) is 11.5 Å². The fraction of sp³-hybridized carbons (Fsp3) is 0.294. The molecule has 0 spiro atoms. The van der Waals surface area contributed by atoms with E-state index in [4.69, 9.17) is 9.47 Å². The first-order chi connectivity index (χ1) is 13.2. The van der Waals surface area contributed by atoms with E-state index in [0.29, 0.717) is 24.0 Å². The summed E-state index contributed by atoms with van der Waals surface area (Å²) in [7, 11) is 0. The molecule has 1 aliphatic rings. The van der Waals surface area contributed by atoms with Crippen molar-refractivity contribution in [1.29, 1.82) is 0 Å². The molecule has 0 radical (unpaired) electrons. The zero-order valence-electron chi connectivity index (χ0n) is 14.6. The van der Waals surface area contributed by atoms with Gasteiger partial charge in [0.05, 0.1) is 0 Å². The Balaban J connectivity index is 1.26. The lowest BCUT2D eigenvalue weighted by Crippen LogP contribution is -2.38. The van der Waals surface area contributed by atoms with E-state index in [1.807, 2.05) is 18.2 Å². The summed E-state index contributed by atoms with van der Waals surface area (Å²) < 4.78 is 16.6. The van der Waals surface area contributed by atoms with Gasteiger partial charge in [-0.05, 0) is 31.0 Å². The Morgan fingerprint density at radius 1 is 1.37 bits per heavy atom. The molecule has 1 aromatic carbocycles. The third-order valence-electron chi connectivity index (χ3n) is 4.03. The third kappa shape index (κ3) is 4.00. The molecule has 10 heteroatoms. The maximum Gasteiger partial charge on any atom is 0.248 e. The fourth-order valence-corrected chi connectivity index (χ4v) is 3.24. The van der Waals surface area contributed by atoms with E-state index in [1.165, 1.54) is 11.5 Å². The molecular formula is C17H18N6O3S. The third-order valence-corrected chi connectivity index (χ3v) is 4.67. The summed E-state index contributed by atoms with van der Waals surface area (Å²) >= 11 is 1.20. The molecule has 4 rings (SSSR count). The van der Waals surface area contributed by atoms with Crippen molar-refractivity contribution >= 4 is 22.6 Å². The molecule has 2 N–H and O–H groups in total. The van der Waals surface area contributed by atoms with E-state index in [0.717, 1.165) is 17.1 Å². The minimum atomic E-state index is -0.426. The summed E-state index contributed by atoms with van der Waals surface area (Å²) in [5, 5.41) is 6.57. The van der Waals surface area contributed by atoms with Gasteiger partial charge in [-0.1, -0.05) is 6.07 Å². The molecule has 27 heavy (non-hydrogen) atoms. The molecule has 3 aromatic rings. The molecule has 1 amide bonds. The zero-order valence-corrected chi connectivity index (χ0v) is 15.4. The predicted molar refractivity (Wildman–Crippen MR) is 99.4 cm³/mol. The number of nitrogens with zero attached hydrogens (tertiary/aromatic N) is 4. The van der Waals surface area contributed by atoms with Crippen molar-refractivity contribution in [1.82, 2.24) is 24.2 Å². The molecule has 0 saturated heterocycles. The second-order valence-electron chi connectivity index (χ2n) is 5.96. The van der Waals surface area contributed by atoms with Crippen molar-refractivity contribution in [3.05, 3.63) is 42.5 Å². The fourth-order valence-electron chi connectivity index (χ4n) is 2.59. The van der Waals surface area contributed by atoms with Crippen LogP contribution in [0.15, 0.2) is 36.9 Å². The van der Waals surface area contributed by atoms with Crippen LogP contribution in [0.4, 0.5) is 5.13 Å². The molecule has 0 aliphatic carbocycles. The number of nitrogens with one attached hydrogen (secondary N) is 2. The number of amides is 1. The molecule has 0 bridgehead atoms. The van der Waals surface area contributed by atoms with E-state index in [1.54, 1.807) is 30.2 Å². The Morgan fingerprint density at radius 3 is 3.11 bits per heavy atom. The maximum absolute atomic E-state index is 12.3. The Labute approximate surface area is 159 Å². The molecular weight excluding hydrogens is 368 g/mol. The number of anilines is 1. The Morgan fingerprint density at radius 2 is 2.26 bits per heavy atom. The predicted octanol–water partition coefficient (Wildman–Crippen LogP) is 1.61.